The zero-order chi connectivity index (χ0) is 44.5. The second-order valence-corrected chi connectivity index (χ2v) is 13.3. The summed E-state index contributed by atoms with van der Waals surface area (Å²) in [6.07, 6.45) is -5.79. The molecular weight excluding hydrogens is 810 g/mol. The predicted octanol–water partition coefficient (Wildman–Crippen LogP) is 2.58. The number of carbonyl (C=O) groups is 7. The van der Waals surface area contributed by atoms with Gasteiger partial charge in [0.05, 0.1) is 17.6 Å². The Kier molecular flexibility index (Phi) is 17.8. The standard InChI is InChI=1S/C40H45N3O18/c1-23(44)56-33-34(57-24(2)45)36(58-25(3)46)39(61-35(33)38(49)53-4)60-31-17-12-26(21-55-40(50)59-29-15-13-27(14-16-29)43(51)52)20-30(31)37(48)42-19-18-41-32(47)22-54-28-10-8-6-5-7-9-11-28/h12-17,20,28,33-36,39H,5-8,10,18-19,21-22H2,1-4H3,(H,41,47)(H,42,48)/t28?,33-,34-,35-,36+,39+/m0/s1. The molecule has 1 unspecified atom stereocenters. The van der Waals surface area contributed by atoms with Gasteiger partial charge in [-0.1, -0.05) is 18.4 Å². The fourth-order valence-corrected chi connectivity index (χ4v) is 5.95. The number of non-ortho nitro benzene ring substituents is 1. The maximum absolute atomic E-state index is 13.8. The van der Waals surface area contributed by atoms with Crippen LogP contribution >= 0.6 is 0 Å². The van der Waals surface area contributed by atoms with Gasteiger partial charge in [-0.2, -0.15) is 0 Å². The molecule has 4 rings (SSSR count). The summed E-state index contributed by atoms with van der Waals surface area (Å²) >= 11 is 0. The van der Waals surface area contributed by atoms with Crippen LogP contribution in [0.3, 0.4) is 0 Å². The van der Waals surface area contributed by atoms with E-state index in [4.69, 9.17) is 42.6 Å². The molecule has 1 fully saturated rings. The summed E-state index contributed by atoms with van der Waals surface area (Å²) < 4.78 is 48.7. The fourth-order valence-electron chi connectivity index (χ4n) is 5.95. The summed E-state index contributed by atoms with van der Waals surface area (Å²) in [4.78, 5) is 98.7. The Balaban J connectivity index is 1.56. The Bertz CT molecular complexity index is 1990. The molecule has 0 aromatic heterocycles. The molecule has 21 nitrogen and oxygen atoms in total. The summed E-state index contributed by atoms with van der Waals surface area (Å²) in [7, 11) is 1.01. The molecule has 0 radical (unpaired) electrons. The van der Waals surface area contributed by atoms with E-state index in [1.54, 1.807) is 0 Å². The molecule has 328 valence electrons. The lowest BCUT2D eigenvalue weighted by atomic mass is 9.97. The molecule has 1 aliphatic heterocycles. The number of hydrogen-bond donors (Lipinski definition) is 2. The summed E-state index contributed by atoms with van der Waals surface area (Å²) in [5, 5.41) is 16.2. The number of methoxy groups -OCH3 is 1. The third kappa shape index (κ3) is 14.8. The molecule has 2 amide bonds. The Hall–Kier alpha value is -6.79. The van der Waals surface area contributed by atoms with Gasteiger partial charge in [-0.15, -0.1) is 5.92 Å². The molecule has 1 aliphatic carbocycles. The Morgan fingerprint density at radius 1 is 0.852 bits per heavy atom. The van der Waals surface area contributed by atoms with Crippen molar-refractivity contribution < 1.29 is 81.1 Å². The summed E-state index contributed by atoms with van der Waals surface area (Å²) in [5.74, 6) is 0.667. The van der Waals surface area contributed by atoms with Crippen molar-refractivity contribution in [2.45, 2.75) is 96.3 Å². The largest absolute Gasteiger partial charge is 0.514 e. The Labute approximate surface area is 349 Å². The molecule has 2 aromatic carbocycles. The van der Waals surface area contributed by atoms with Crippen LogP contribution in [-0.2, 0) is 63.7 Å². The topological polar surface area (TPSA) is 270 Å². The quantitative estimate of drug-likeness (QED) is 0.0440. The van der Waals surface area contributed by atoms with Crippen molar-refractivity contribution in [3.63, 3.8) is 0 Å². The first kappa shape index (κ1) is 46.9. The van der Waals surface area contributed by atoms with Crippen molar-refractivity contribution in [1.82, 2.24) is 10.6 Å². The zero-order valence-electron chi connectivity index (χ0n) is 33.7. The number of rotatable bonds is 17. The molecule has 21 heteroatoms. The molecular formula is C40H45N3O18. The molecule has 0 spiro atoms. The van der Waals surface area contributed by atoms with Crippen molar-refractivity contribution in [2.24, 2.45) is 0 Å². The number of nitro groups is 1. The minimum absolute atomic E-state index is 0.0274. The molecule has 6 atom stereocenters. The first-order valence-corrected chi connectivity index (χ1v) is 18.9. The van der Waals surface area contributed by atoms with Crippen molar-refractivity contribution in [1.29, 1.82) is 0 Å². The lowest BCUT2D eigenvalue weighted by Crippen LogP contribution is -2.64. The summed E-state index contributed by atoms with van der Waals surface area (Å²) in [6, 6.07) is 8.53. The molecule has 1 heterocycles. The lowest BCUT2D eigenvalue weighted by Gasteiger charge is -2.43. The Morgan fingerprint density at radius 3 is 2.20 bits per heavy atom. The maximum atomic E-state index is 13.8. The average molecular weight is 856 g/mol. The molecule has 2 aromatic rings. The normalized spacial score (nSPS) is 20.7. The number of nitrogens with one attached hydrogen (secondary N) is 2. The maximum Gasteiger partial charge on any atom is 0.514 e. The van der Waals surface area contributed by atoms with Crippen LogP contribution in [0.5, 0.6) is 11.5 Å². The number of carbonyl (C=O) groups excluding carboxylic acids is 7. The third-order valence-corrected chi connectivity index (χ3v) is 8.65. The number of amides is 2. The molecule has 0 bridgehead atoms. The van der Waals surface area contributed by atoms with Gasteiger partial charge < -0.3 is 53.3 Å². The highest BCUT2D eigenvalue weighted by molar-refractivity contribution is 5.97. The van der Waals surface area contributed by atoms with E-state index in [-0.39, 0.29) is 54.1 Å². The van der Waals surface area contributed by atoms with Crippen LogP contribution in [0.4, 0.5) is 10.5 Å². The predicted molar refractivity (Wildman–Crippen MR) is 204 cm³/mol. The number of nitro benzene ring substituents is 1. The number of esters is 4. The second kappa shape index (κ2) is 23.1. The van der Waals surface area contributed by atoms with Crippen LogP contribution in [0, 0.1) is 22.0 Å². The van der Waals surface area contributed by atoms with E-state index in [1.165, 1.54) is 30.3 Å². The minimum Gasteiger partial charge on any atom is -0.467 e. The second-order valence-electron chi connectivity index (χ2n) is 13.3. The lowest BCUT2D eigenvalue weighted by molar-refractivity contribution is -0.384. The van der Waals surface area contributed by atoms with Gasteiger partial charge in [0.2, 0.25) is 18.3 Å². The number of ether oxygens (including phenoxy) is 9. The molecule has 2 aliphatic rings. The van der Waals surface area contributed by atoms with E-state index in [1.807, 2.05) is 0 Å². The smallest absolute Gasteiger partial charge is 0.467 e. The van der Waals surface area contributed by atoms with E-state index >= 15 is 0 Å². The van der Waals surface area contributed by atoms with Crippen LogP contribution in [0.15, 0.2) is 42.5 Å². The van der Waals surface area contributed by atoms with Crippen LogP contribution in [-0.4, -0.2) is 110 Å². The van der Waals surface area contributed by atoms with Gasteiger partial charge in [0.15, 0.2) is 18.3 Å². The molecule has 0 saturated carbocycles. The van der Waals surface area contributed by atoms with E-state index in [0.717, 1.165) is 65.7 Å². The molecule has 1 saturated heterocycles. The minimum atomic E-state index is -1.82. The highest BCUT2D eigenvalue weighted by Crippen LogP contribution is 2.33. The van der Waals surface area contributed by atoms with Crippen LogP contribution in [0.25, 0.3) is 0 Å². The first-order chi connectivity index (χ1) is 29.1. The highest BCUT2D eigenvalue weighted by Gasteiger charge is 2.56. The van der Waals surface area contributed by atoms with Gasteiger partial charge in [-0.25, -0.2) is 9.59 Å². The monoisotopic (exact) mass is 855 g/mol. The van der Waals surface area contributed by atoms with Crippen molar-refractivity contribution in [3.8, 4) is 23.3 Å². The highest BCUT2D eigenvalue weighted by atomic mass is 16.7. The van der Waals surface area contributed by atoms with Gasteiger partial charge in [-0.05, 0) is 49.1 Å². The van der Waals surface area contributed by atoms with E-state index in [2.05, 4.69) is 22.5 Å². The van der Waals surface area contributed by atoms with Crippen molar-refractivity contribution in [3.05, 3.63) is 63.7 Å². The number of benzene rings is 2. The van der Waals surface area contributed by atoms with E-state index in [9.17, 15) is 43.7 Å². The molecule has 2 N–H and O–H groups in total. The van der Waals surface area contributed by atoms with Crippen LogP contribution < -0.4 is 20.1 Å². The van der Waals surface area contributed by atoms with Gasteiger partial charge in [0.1, 0.15) is 30.8 Å². The van der Waals surface area contributed by atoms with Gasteiger partial charge in [0.25, 0.3) is 11.6 Å². The fraction of sp³-hybridized carbons (Fsp3) is 0.475. The third-order valence-electron chi connectivity index (χ3n) is 8.65. The van der Waals surface area contributed by atoms with Gasteiger partial charge in [-0.3, -0.25) is 34.1 Å². The summed E-state index contributed by atoms with van der Waals surface area (Å²) in [5.41, 5.74) is -0.249. The van der Waals surface area contributed by atoms with Crippen LogP contribution in [0.2, 0.25) is 0 Å². The SMILES string of the molecule is COC(=O)[C@H]1O[C@@H](Oc2ccc(COC(=O)Oc3ccc([N+](=O)[O-])cc3)cc2C(=O)NCCNC(=O)COC2C#CCCCCC2)[C@H](OC(C)=O)[C@@H](OC(C)=O)[C@@H]1OC(C)=O. The van der Waals surface area contributed by atoms with Crippen molar-refractivity contribution >= 4 is 47.5 Å². The summed E-state index contributed by atoms with van der Waals surface area (Å²) in [6.45, 7) is 2.21. The Morgan fingerprint density at radius 2 is 1.52 bits per heavy atom. The number of hydrogen-bond acceptors (Lipinski definition) is 18. The van der Waals surface area contributed by atoms with Crippen LogP contribution in [0.1, 0.15) is 68.8 Å². The average Bonchev–Trinajstić information content (AvgIpc) is 3.20. The van der Waals surface area contributed by atoms with Crippen molar-refractivity contribution in [2.75, 3.05) is 26.8 Å². The molecule has 61 heavy (non-hydrogen) atoms. The number of nitrogens with zero attached hydrogens (tertiary/aromatic N) is 1. The first-order valence-electron chi connectivity index (χ1n) is 18.9. The van der Waals surface area contributed by atoms with Gasteiger partial charge >= 0.3 is 30.0 Å². The van der Waals surface area contributed by atoms with E-state index < -0.39 is 84.1 Å². The van der Waals surface area contributed by atoms with Gasteiger partial charge in [0, 0.05) is 52.4 Å². The zero-order valence-corrected chi connectivity index (χ0v) is 33.7. The van der Waals surface area contributed by atoms with E-state index in [0.29, 0.717) is 6.42 Å².